The first-order valence-electron chi connectivity index (χ1n) is 9.14. The molecule has 1 amide bonds. The molecule has 0 radical (unpaired) electrons. The van der Waals surface area contributed by atoms with Gasteiger partial charge in [-0.25, -0.2) is 0 Å². The molecule has 0 fully saturated rings. The molecule has 0 spiro atoms. The monoisotopic (exact) mass is 360 g/mol. The van der Waals surface area contributed by atoms with Gasteiger partial charge in [-0.2, -0.15) is 0 Å². The fraction of sp³-hybridized carbons (Fsp3) is 0.227. The number of hydrogen-bond acceptors (Lipinski definition) is 4. The molecule has 2 N–H and O–H groups in total. The van der Waals surface area contributed by atoms with Gasteiger partial charge in [-0.15, -0.1) is 0 Å². The number of nitrogens with one attached hydrogen (secondary N) is 2. The number of nitrogens with zero attached hydrogens (tertiary/aromatic N) is 2. The number of carbonyl (C=O) groups excluding carboxylic acids is 1. The highest BCUT2D eigenvalue weighted by atomic mass is 16.2. The molecule has 2 heterocycles. The Balaban J connectivity index is 1.72. The molecule has 1 atom stereocenters. The molecule has 3 aromatic rings. The normalized spacial score (nSPS) is 11.7. The third-order valence-electron chi connectivity index (χ3n) is 4.43. The second kappa shape index (κ2) is 9.59. The summed E-state index contributed by atoms with van der Waals surface area (Å²) < 4.78 is 0. The van der Waals surface area contributed by atoms with Crippen LogP contribution in [0.4, 0.5) is 0 Å². The Labute approximate surface area is 159 Å². The van der Waals surface area contributed by atoms with Crippen LogP contribution in [0.15, 0.2) is 73.3 Å². The lowest BCUT2D eigenvalue weighted by atomic mass is 10.0. The van der Waals surface area contributed by atoms with Crippen molar-refractivity contribution in [3.8, 4) is 0 Å². The topological polar surface area (TPSA) is 66.9 Å². The van der Waals surface area contributed by atoms with Crippen molar-refractivity contribution in [3.05, 3.63) is 95.6 Å². The minimum absolute atomic E-state index is 0.0556. The van der Waals surface area contributed by atoms with Gasteiger partial charge in [0.05, 0.1) is 0 Å². The zero-order valence-electron chi connectivity index (χ0n) is 15.4. The Morgan fingerprint density at radius 1 is 0.889 bits per heavy atom. The van der Waals surface area contributed by atoms with Crippen LogP contribution in [-0.2, 0) is 24.3 Å². The van der Waals surface area contributed by atoms with E-state index in [1.165, 1.54) is 5.56 Å². The summed E-state index contributed by atoms with van der Waals surface area (Å²) >= 11 is 0. The summed E-state index contributed by atoms with van der Waals surface area (Å²) in [5.74, 6) is -0.0556. The molecule has 1 unspecified atom stereocenters. The van der Waals surface area contributed by atoms with E-state index in [1.807, 2.05) is 36.4 Å². The Bertz CT molecular complexity index is 835. The Hall–Kier alpha value is -3.05. The lowest BCUT2D eigenvalue weighted by Gasteiger charge is -2.19. The van der Waals surface area contributed by atoms with Crippen molar-refractivity contribution in [2.24, 2.45) is 0 Å². The van der Waals surface area contributed by atoms with Gasteiger partial charge in [0.25, 0.3) is 0 Å². The molecule has 1 aromatic carbocycles. The Morgan fingerprint density at radius 2 is 1.67 bits per heavy atom. The van der Waals surface area contributed by atoms with Crippen molar-refractivity contribution in [1.29, 1.82) is 0 Å². The summed E-state index contributed by atoms with van der Waals surface area (Å²) in [6.45, 7) is 3.16. The fourth-order valence-corrected chi connectivity index (χ4v) is 2.82. The first-order chi connectivity index (χ1) is 13.3. The van der Waals surface area contributed by atoms with Crippen LogP contribution in [0.3, 0.4) is 0 Å². The van der Waals surface area contributed by atoms with Crippen LogP contribution in [0, 0.1) is 0 Å². The van der Waals surface area contributed by atoms with Gasteiger partial charge in [-0.05, 0) is 46.9 Å². The van der Waals surface area contributed by atoms with Crippen molar-refractivity contribution in [2.45, 2.75) is 32.5 Å². The number of aryl methyl sites for hydroxylation is 1. The smallest absolute Gasteiger partial charge is 0.242 e. The molecule has 0 saturated heterocycles. The molecule has 5 heteroatoms. The van der Waals surface area contributed by atoms with E-state index in [9.17, 15) is 4.79 Å². The number of hydrogen-bond donors (Lipinski definition) is 2. The quantitative estimate of drug-likeness (QED) is 0.647. The van der Waals surface area contributed by atoms with E-state index in [1.54, 1.807) is 24.8 Å². The highest BCUT2D eigenvalue weighted by Gasteiger charge is 2.20. The van der Waals surface area contributed by atoms with E-state index in [2.05, 4.69) is 39.7 Å². The van der Waals surface area contributed by atoms with Crippen LogP contribution in [0.1, 0.15) is 35.2 Å². The minimum atomic E-state index is -0.432. The highest BCUT2D eigenvalue weighted by Crippen LogP contribution is 2.16. The second-order valence-electron chi connectivity index (χ2n) is 6.34. The molecule has 0 bridgehead atoms. The number of pyridine rings is 2. The van der Waals surface area contributed by atoms with Gasteiger partial charge in [-0.1, -0.05) is 37.3 Å². The largest absolute Gasteiger partial charge is 0.350 e. The average molecular weight is 360 g/mol. The first-order valence-corrected chi connectivity index (χ1v) is 9.14. The summed E-state index contributed by atoms with van der Waals surface area (Å²) in [5.41, 5.74) is 4.26. The summed E-state index contributed by atoms with van der Waals surface area (Å²) in [7, 11) is 0. The van der Waals surface area contributed by atoms with Gasteiger partial charge in [0, 0.05) is 37.9 Å². The van der Waals surface area contributed by atoms with Gasteiger partial charge >= 0.3 is 0 Å². The molecule has 0 saturated carbocycles. The maximum Gasteiger partial charge on any atom is 0.242 e. The van der Waals surface area contributed by atoms with E-state index in [0.29, 0.717) is 13.1 Å². The van der Waals surface area contributed by atoms with E-state index in [0.717, 1.165) is 23.1 Å². The van der Waals surface area contributed by atoms with Gasteiger partial charge in [0.2, 0.25) is 5.91 Å². The lowest BCUT2D eigenvalue weighted by Crippen LogP contribution is -2.37. The van der Waals surface area contributed by atoms with Crippen molar-refractivity contribution in [1.82, 2.24) is 20.6 Å². The molecule has 138 valence electrons. The van der Waals surface area contributed by atoms with Crippen molar-refractivity contribution in [2.75, 3.05) is 0 Å². The van der Waals surface area contributed by atoms with Crippen molar-refractivity contribution >= 4 is 5.91 Å². The van der Waals surface area contributed by atoms with Crippen molar-refractivity contribution in [3.63, 3.8) is 0 Å². The molecular formula is C22H24N4O. The van der Waals surface area contributed by atoms with Crippen LogP contribution in [0.5, 0.6) is 0 Å². The summed E-state index contributed by atoms with van der Waals surface area (Å²) in [4.78, 5) is 21.0. The summed E-state index contributed by atoms with van der Waals surface area (Å²) in [5, 5.41) is 6.38. The van der Waals surface area contributed by atoms with Gasteiger partial charge in [-0.3, -0.25) is 20.1 Å². The van der Waals surface area contributed by atoms with E-state index < -0.39 is 6.04 Å². The van der Waals surface area contributed by atoms with Crippen LogP contribution in [0.25, 0.3) is 0 Å². The Morgan fingerprint density at radius 3 is 2.33 bits per heavy atom. The molecule has 5 nitrogen and oxygen atoms in total. The predicted octanol–water partition coefficient (Wildman–Crippen LogP) is 3.19. The number of amides is 1. The summed E-state index contributed by atoms with van der Waals surface area (Å²) in [6.07, 6.45) is 7.97. The molecule has 27 heavy (non-hydrogen) atoms. The molecule has 0 aliphatic rings. The predicted molar refractivity (Wildman–Crippen MR) is 106 cm³/mol. The zero-order valence-corrected chi connectivity index (χ0v) is 15.4. The van der Waals surface area contributed by atoms with Gasteiger partial charge in [0.1, 0.15) is 6.04 Å². The maximum absolute atomic E-state index is 12.9. The first kappa shape index (κ1) is 18.7. The molecule has 0 aliphatic carbocycles. The standard InChI is InChI=1S/C22H24N4O/c1-2-17-5-7-20(8-6-17)21(25-16-19-4-3-11-24-14-19)22(27)26-15-18-9-12-23-13-10-18/h3-14,21,25H,2,15-16H2,1H3,(H,26,27). The van der Waals surface area contributed by atoms with Crippen LogP contribution in [-0.4, -0.2) is 15.9 Å². The third-order valence-corrected chi connectivity index (χ3v) is 4.43. The fourth-order valence-electron chi connectivity index (χ4n) is 2.82. The molecule has 3 rings (SSSR count). The Kier molecular flexibility index (Phi) is 6.66. The van der Waals surface area contributed by atoms with Crippen LogP contribution < -0.4 is 10.6 Å². The molecule has 0 aliphatic heterocycles. The average Bonchev–Trinajstić information content (AvgIpc) is 2.74. The lowest BCUT2D eigenvalue weighted by molar-refractivity contribution is -0.123. The second-order valence-corrected chi connectivity index (χ2v) is 6.34. The van der Waals surface area contributed by atoms with E-state index in [4.69, 9.17) is 0 Å². The molecule has 2 aromatic heterocycles. The summed E-state index contributed by atoms with van der Waals surface area (Å²) in [6, 6.07) is 15.4. The molecular weight excluding hydrogens is 336 g/mol. The van der Waals surface area contributed by atoms with Crippen LogP contribution >= 0.6 is 0 Å². The number of benzene rings is 1. The highest BCUT2D eigenvalue weighted by molar-refractivity contribution is 5.83. The van der Waals surface area contributed by atoms with E-state index in [-0.39, 0.29) is 5.91 Å². The number of carbonyl (C=O) groups is 1. The van der Waals surface area contributed by atoms with Crippen molar-refractivity contribution < 1.29 is 4.79 Å². The number of rotatable bonds is 8. The maximum atomic E-state index is 12.9. The number of aromatic nitrogens is 2. The van der Waals surface area contributed by atoms with E-state index >= 15 is 0 Å². The zero-order chi connectivity index (χ0) is 18.9. The van der Waals surface area contributed by atoms with Gasteiger partial charge < -0.3 is 5.32 Å². The minimum Gasteiger partial charge on any atom is -0.350 e. The SMILES string of the molecule is CCc1ccc(C(NCc2cccnc2)C(=O)NCc2ccncc2)cc1. The third kappa shape index (κ3) is 5.46. The van der Waals surface area contributed by atoms with Gasteiger partial charge in [0.15, 0.2) is 0 Å². The van der Waals surface area contributed by atoms with Crippen LogP contribution in [0.2, 0.25) is 0 Å².